The summed E-state index contributed by atoms with van der Waals surface area (Å²) in [5.41, 5.74) is 5.65. The molecule has 0 aromatic carbocycles. The fourth-order valence-electron chi connectivity index (χ4n) is 0.755. The van der Waals surface area contributed by atoms with Crippen molar-refractivity contribution in [3.63, 3.8) is 0 Å². The lowest BCUT2D eigenvalue weighted by molar-refractivity contribution is 0.0954. The van der Waals surface area contributed by atoms with Crippen molar-refractivity contribution in [2.24, 2.45) is 7.05 Å². The van der Waals surface area contributed by atoms with Crippen molar-refractivity contribution < 1.29 is 4.79 Å². The molecule has 0 atom stereocenters. The van der Waals surface area contributed by atoms with Crippen LogP contribution in [0.5, 0.6) is 0 Å². The molecule has 0 saturated carbocycles. The molecule has 0 aliphatic carbocycles. The van der Waals surface area contributed by atoms with Gasteiger partial charge in [0.05, 0.1) is 0 Å². The Kier molecular flexibility index (Phi) is 1.75. The zero-order valence-electron chi connectivity index (χ0n) is 6.33. The van der Waals surface area contributed by atoms with Gasteiger partial charge < -0.3 is 11.1 Å². The smallest absolute Gasteiger partial charge is 0.273 e. The van der Waals surface area contributed by atoms with Crippen molar-refractivity contribution in [2.45, 2.75) is 0 Å². The van der Waals surface area contributed by atoms with Gasteiger partial charge in [-0.25, -0.2) is 4.68 Å². The molecule has 0 radical (unpaired) electrons. The highest BCUT2D eigenvalue weighted by atomic mass is 16.2. The number of amides is 1. The summed E-state index contributed by atoms with van der Waals surface area (Å²) in [5.74, 6) is -0.137. The van der Waals surface area contributed by atoms with Crippen molar-refractivity contribution in [3.8, 4) is 0 Å². The summed E-state index contributed by atoms with van der Waals surface area (Å²) >= 11 is 0. The Morgan fingerprint density at radius 1 is 1.73 bits per heavy atom. The lowest BCUT2D eigenvalue weighted by Gasteiger charge is -1.97. The van der Waals surface area contributed by atoms with E-state index >= 15 is 0 Å². The van der Waals surface area contributed by atoms with Gasteiger partial charge in [-0.1, -0.05) is 5.21 Å². The maximum Gasteiger partial charge on any atom is 0.273 e. The van der Waals surface area contributed by atoms with Crippen molar-refractivity contribution in [3.05, 3.63) is 5.69 Å². The SMILES string of the molecule is CNC(=O)c1c(N)nnn1C. The topological polar surface area (TPSA) is 85.8 Å². The minimum Gasteiger partial charge on any atom is -0.380 e. The van der Waals surface area contributed by atoms with E-state index in [1.807, 2.05) is 0 Å². The summed E-state index contributed by atoms with van der Waals surface area (Å²) in [4.78, 5) is 11.0. The van der Waals surface area contributed by atoms with Gasteiger partial charge in [-0.05, 0) is 0 Å². The molecule has 0 bridgehead atoms. The van der Waals surface area contributed by atoms with Crippen LogP contribution in [-0.2, 0) is 7.05 Å². The summed E-state index contributed by atoms with van der Waals surface area (Å²) in [6.07, 6.45) is 0. The first-order valence-electron chi connectivity index (χ1n) is 3.04. The maximum atomic E-state index is 11.0. The van der Waals surface area contributed by atoms with Gasteiger partial charge in [0.15, 0.2) is 11.5 Å². The quantitative estimate of drug-likeness (QED) is 0.531. The first-order valence-corrected chi connectivity index (χ1v) is 3.04. The van der Waals surface area contributed by atoms with E-state index in [-0.39, 0.29) is 17.4 Å². The summed E-state index contributed by atoms with van der Waals surface area (Å²) in [5, 5.41) is 9.51. The molecule has 1 amide bonds. The molecule has 1 rings (SSSR count). The van der Waals surface area contributed by atoms with Crippen LogP contribution < -0.4 is 11.1 Å². The predicted molar refractivity (Wildman–Crippen MR) is 38.8 cm³/mol. The van der Waals surface area contributed by atoms with Crippen LogP contribution in [0.25, 0.3) is 0 Å². The monoisotopic (exact) mass is 155 g/mol. The van der Waals surface area contributed by atoms with Gasteiger partial charge in [-0.15, -0.1) is 5.10 Å². The first kappa shape index (κ1) is 7.52. The van der Waals surface area contributed by atoms with Crippen LogP contribution >= 0.6 is 0 Å². The van der Waals surface area contributed by atoms with E-state index in [0.717, 1.165) is 0 Å². The standard InChI is InChI=1S/C5H9N5O/c1-7-5(11)3-4(6)8-9-10(3)2/h6H2,1-2H3,(H,7,11). The fourth-order valence-corrected chi connectivity index (χ4v) is 0.755. The van der Waals surface area contributed by atoms with Crippen LogP contribution in [0.1, 0.15) is 10.5 Å². The van der Waals surface area contributed by atoms with Crippen molar-refractivity contribution in [1.29, 1.82) is 0 Å². The number of nitrogens with one attached hydrogen (secondary N) is 1. The van der Waals surface area contributed by atoms with Gasteiger partial charge in [0.1, 0.15) is 0 Å². The second kappa shape index (κ2) is 2.57. The van der Waals surface area contributed by atoms with E-state index in [2.05, 4.69) is 15.6 Å². The van der Waals surface area contributed by atoms with Crippen LogP contribution in [0.2, 0.25) is 0 Å². The average molecular weight is 155 g/mol. The molecule has 6 nitrogen and oxygen atoms in total. The van der Waals surface area contributed by atoms with Crippen LogP contribution in [0.4, 0.5) is 5.82 Å². The van der Waals surface area contributed by atoms with Gasteiger partial charge >= 0.3 is 0 Å². The number of carbonyl (C=O) groups excluding carboxylic acids is 1. The van der Waals surface area contributed by atoms with Crippen molar-refractivity contribution >= 4 is 11.7 Å². The van der Waals surface area contributed by atoms with E-state index in [0.29, 0.717) is 0 Å². The largest absolute Gasteiger partial charge is 0.380 e. The summed E-state index contributed by atoms with van der Waals surface area (Å²) in [7, 11) is 3.13. The highest BCUT2D eigenvalue weighted by Crippen LogP contribution is 2.03. The van der Waals surface area contributed by atoms with Crippen LogP contribution in [0.15, 0.2) is 0 Å². The molecule has 60 valence electrons. The number of carbonyl (C=O) groups is 1. The van der Waals surface area contributed by atoms with Crippen molar-refractivity contribution in [1.82, 2.24) is 20.3 Å². The number of aryl methyl sites for hydroxylation is 1. The molecule has 0 aliphatic rings. The zero-order valence-corrected chi connectivity index (χ0v) is 6.33. The molecule has 3 N–H and O–H groups in total. The normalized spacial score (nSPS) is 9.64. The molecule has 0 saturated heterocycles. The molecule has 0 aliphatic heterocycles. The lowest BCUT2D eigenvalue weighted by Crippen LogP contribution is -2.22. The Morgan fingerprint density at radius 3 is 2.73 bits per heavy atom. The third-order valence-electron chi connectivity index (χ3n) is 1.29. The van der Waals surface area contributed by atoms with E-state index in [9.17, 15) is 4.79 Å². The number of nitrogens with two attached hydrogens (primary N) is 1. The van der Waals surface area contributed by atoms with Crippen molar-refractivity contribution in [2.75, 3.05) is 12.8 Å². The molecule has 6 heteroatoms. The molecular weight excluding hydrogens is 146 g/mol. The van der Waals surface area contributed by atoms with Gasteiger partial charge in [-0.2, -0.15) is 0 Å². The highest BCUT2D eigenvalue weighted by Gasteiger charge is 2.13. The summed E-state index contributed by atoms with van der Waals surface area (Å²) in [6, 6.07) is 0. The summed E-state index contributed by atoms with van der Waals surface area (Å²) in [6.45, 7) is 0. The van der Waals surface area contributed by atoms with E-state index in [1.165, 1.54) is 11.7 Å². The minimum atomic E-state index is -0.282. The second-order valence-electron chi connectivity index (χ2n) is 2.03. The minimum absolute atomic E-state index is 0.145. The van der Waals surface area contributed by atoms with Gasteiger partial charge in [0.2, 0.25) is 0 Å². The number of nitrogen functional groups attached to an aromatic ring is 1. The average Bonchev–Trinajstić information content (AvgIpc) is 2.30. The van der Waals surface area contributed by atoms with E-state index in [4.69, 9.17) is 5.73 Å². The highest BCUT2D eigenvalue weighted by molar-refractivity contribution is 5.96. The Bertz CT molecular complexity index is 259. The first-order chi connectivity index (χ1) is 5.16. The maximum absolute atomic E-state index is 11.0. The molecule has 11 heavy (non-hydrogen) atoms. The third-order valence-corrected chi connectivity index (χ3v) is 1.29. The Morgan fingerprint density at radius 2 is 2.36 bits per heavy atom. The molecule has 0 fully saturated rings. The zero-order chi connectivity index (χ0) is 8.43. The molecule has 1 aromatic heterocycles. The van der Waals surface area contributed by atoms with Gasteiger partial charge in [0, 0.05) is 14.1 Å². The molecular formula is C5H9N5O. The van der Waals surface area contributed by atoms with Gasteiger partial charge in [0.25, 0.3) is 5.91 Å². The van der Waals surface area contributed by atoms with Crippen LogP contribution in [0, 0.1) is 0 Å². The Labute approximate surface area is 63.4 Å². The van der Waals surface area contributed by atoms with Gasteiger partial charge in [-0.3, -0.25) is 4.79 Å². The third kappa shape index (κ3) is 1.14. The number of aromatic nitrogens is 3. The molecule has 0 unspecified atom stereocenters. The van der Waals surface area contributed by atoms with Crippen LogP contribution in [-0.4, -0.2) is 27.9 Å². The molecule has 0 spiro atoms. The lowest BCUT2D eigenvalue weighted by atomic mass is 10.4. The van der Waals surface area contributed by atoms with E-state index < -0.39 is 0 Å². The molecule has 1 aromatic rings. The van der Waals surface area contributed by atoms with Crippen LogP contribution in [0.3, 0.4) is 0 Å². The summed E-state index contributed by atoms with van der Waals surface area (Å²) < 4.78 is 1.33. The number of nitrogens with zero attached hydrogens (tertiary/aromatic N) is 3. The number of hydrogen-bond donors (Lipinski definition) is 2. The number of hydrogen-bond acceptors (Lipinski definition) is 4. The number of anilines is 1. The Balaban J connectivity index is 3.10. The number of rotatable bonds is 1. The molecule has 1 heterocycles. The van der Waals surface area contributed by atoms with E-state index in [1.54, 1.807) is 7.05 Å². The Hall–Kier alpha value is -1.59. The predicted octanol–water partition coefficient (Wildman–Crippen LogP) is -1.24. The second-order valence-corrected chi connectivity index (χ2v) is 2.03. The fraction of sp³-hybridized carbons (Fsp3) is 0.400.